The van der Waals surface area contributed by atoms with Crippen LogP contribution in [-0.2, 0) is 17.6 Å². The van der Waals surface area contributed by atoms with E-state index in [0.717, 1.165) is 25.7 Å². The van der Waals surface area contributed by atoms with Gasteiger partial charge in [-0.05, 0) is 43.9 Å². The van der Waals surface area contributed by atoms with Gasteiger partial charge in [0.05, 0.1) is 0 Å². The van der Waals surface area contributed by atoms with E-state index in [2.05, 4.69) is 35.4 Å². The highest BCUT2D eigenvalue weighted by molar-refractivity contribution is 5.86. The second kappa shape index (κ2) is 5.45. The molecule has 0 aliphatic heterocycles. The van der Waals surface area contributed by atoms with Crippen LogP contribution in [0.4, 0.5) is 0 Å². The lowest BCUT2D eigenvalue weighted by Crippen LogP contribution is -2.40. The summed E-state index contributed by atoms with van der Waals surface area (Å²) in [5.74, 6) is 0.544. The van der Waals surface area contributed by atoms with Gasteiger partial charge in [-0.15, -0.1) is 0 Å². The van der Waals surface area contributed by atoms with Gasteiger partial charge in [-0.3, -0.25) is 4.79 Å². The predicted molar refractivity (Wildman–Crippen MR) is 88.9 cm³/mol. The summed E-state index contributed by atoms with van der Waals surface area (Å²) in [4.78, 5) is 16.0. The fourth-order valence-electron chi connectivity index (χ4n) is 4.18. The van der Waals surface area contributed by atoms with Crippen LogP contribution >= 0.6 is 0 Å². The minimum absolute atomic E-state index is 0.256. The van der Waals surface area contributed by atoms with Crippen LogP contribution in [0, 0.1) is 12.8 Å². The number of hydrogen-bond acceptors (Lipinski definition) is 1. The van der Waals surface area contributed by atoms with Gasteiger partial charge in [0.15, 0.2) is 0 Å². The zero-order valence-electron chi connectivity index (χ0n) is 13.2. The summed E-state index contributed by atoms with van der Waals surface area (Å²) in [6.07, 6.45) is 7.79. The summed E-state index contributed by atoms with van der Waals surface area (Å²) < 4.78 is 0. The maximum Gasteiger partial charge on any atom is 0.223 e. The fourth-order valence-corrected chi connectivity index (χ4v) is 4.18. The number of amides is 1. The summed E-state index contributed by atoms with van der Waals surface area (Å²) in [5, 5.41) is 4.64. The Labute approximate surface area is 131 Å². The molecule has 0 radical (unpaired) electrons. The molecule has 2 aromatic rings. The molecule has 2 aliphatic rings. The lowest BCUT2D eigenvalue weighted by atomic mass is 9.88. The third-order valence-corrected chi connectivity index (χ3v) is 5.37. The smallest absolute Gasteiger partial charge is 0.223 e. The van der Waals surface area contributed by atoms with E-state index in [1.807, 2.05) is 0 Å². The highest BCUT2D eigenvalue weighted by Gasteiger charge is 2.29. The van der Waals surface area contributed by atoms with Gasteiger partial charge in [-0.25, -0.2) is 0 Å². The highest BCUT2D eigenvalue weighted by Crippen LogP contribution is 2.31. The number of carbonyl (C=O) groups is 1. The Kier molecular flexibility index (Phi) is 3.44. The van der Waals surface area contributed by atoms with Gasteiger partial charge in [0.2, 0.25) is 5.91 Å². The van der Waals surface area contributed by atoms with Gasteiger partial charge in [0, 0.05) is 35.0 Å². The number of aromatic amines is 1. The largest absolute Gasteiger partial charge is 0.358 e. The molecule has 3 nitrogen and oxygen atoms in total. The van der Waals surface area contributed by atoms with Crippen LogP contribution in [0.25, 0.3) is 10.9 Å². The van der Waals surface area contributed by atoms with Crippen molar-refractivity contribution in [3.63, 3.8) is 0 Å². The van der Waals surface area contributed by atoms with Crippen LogP contribution in [0.3, 0.4) is 0 Å². The minimum Gasteiger partial charge on any atom is -0.358 e. The normalized spacial score (nSPS) is 22.0. The average molecular weight is 296 g/mol. The van der Waals surface area contributed by atoms with Gasteiger partial charge in [0.1, 0.15) is 0 Å². The molecule has 2 N–H and O–H groups in total. The van der Waals surface area contributed by atoms with Crippen molar-refractivity contribution in [1.29, 1.82) is 0 Å². The first-order valence-electron chi connectivity index (χ1n) is 8.61. The number of nitrogens with one attached hydrogen (secondary N) is 2. The van der Waals surface area contributed by atoms with Crippen molar-refractivity contribution >= 4 is 16.8 Å². The van der Waals surface area contributed by atoms with E-state index >= 15 is 0 Å². The third kappa shape index (κ3) is 2.43. The Balaban J connectivity index is 1.47. The fraction of sp³-hybridized carbons (Fsp3) is 0.526. The topological polar surface area (TPSA) is 44.9 Å². The number of carbonyl (C=O) groups excluding carboxylic acids is 1. The van der Waals surface area contributed by atoms with Crippen LogP contribution in [0.15, 0.2) is 18.2 Å². The molecule has 1 unspecified atom stereocenters. The van der Waals surface area contributed by atoms with E-state index in [1.165, 1.54) is 47.0 Å². The average Bonchev–Trinajstić information content (AvgIpc) is 3.05. The molecule has 0 bridgehead atoms. The molecule has 1 heterocycles. The lowest BCUT2D eigenvalue weighted by Gasteiger charge is -2.23. The molecular formula is C19H24N2O. The quantitative estimate of drug-likeness (QED) is 0.873. The van der Waals surface area contributed by atoms with E-state index < -0.39 is 0 Å². The second-order valence-electron chi connectivity index (χ2n) is 7.08. The first-order valence-corrected chi connectivity index (χ1v) is 8.61. The van der Waals surface area contributed by atoms with Gasteiger partial charge >= 0.3 is 0 Å². The van der Waals surface area contributed by atoms with Crippen molar-refractivity contribution in [2.75, 3.05) is 0 Å². The highest BCUT2D eigenvalue weighted by atomic mass is 16.1. The van der Waals surface area contributed by atoms with Crippen molar-refractivity contribution in [3.05, 3.63) is 35.0 Å². The van der Waals surface area contributed by atoms with Gasteiger partial charge in [-0.2, -0.15) is 0 Å². The first kappa shape index (κ1) is 13.9. The summed E-state index contributed by atoms with van der Waals surface area (Å²) in [6.45, 7) is 2.14. The van der Waals surface area contributed by atoms with E-state index in [-0.39, 0.29) is 17.9 Å². The Morgan fingerprint density at radius 2 is 2.00 bits per heavy atom. The molecule has 2 aliphatic carbocycles. The van der Waals surface area contributed by atoms with Gasteiger partial charge < -0.3 is 10.3 Å². The van der Waals surface area contributed by atoms with Crippen molar-refractivity contribution in [2.45, 2.75) is 57.9 Å². The minimum atomic E-state index is 0.256. The zero-order valence-corrected chi connectivity index (χ0v) is 13.2. The molecule has 1 saturated carbocycles. The number of rotatable bonds is 2. The standard InChI is InChI=1S/C19H24N2O/c1-12-7-8-17-15(9-12)16-10-14(11-18(16)21-17)20-19(22)13-5-3-2-4-6-13/h7-9,13-14,21H,2-6,10-11H2,1H3,(H,20,22). The molecule has 0 spiro atoms. The number of benzene rings is 1. The zero-order chi connectivity index (χ0) is 15.1. The van der Waals surface area contributed by atoms with Crippen LogP contribution in [0.1, 0.15) is 48.9 Å². The molecule has 3 heteroatoms. The van der Waals surface area contributed by atoms with Crippen LogP contribution in [-0.4, -0.2) is 16.9 Å². The summed E-state index contributed by atoms with van der Waals surface area (Å²) in [6, 6.07) is 6.85. The molecule has 1 aromatic carbocycles. The first-order chi connectivity index (χ1) is 10.7. The third-order valence-electron chi connectivity index (χ3n) is 5.37. The van der Waals surface area contributed by atoms with Crippen molar-refractivity contribution in [1.82, 2.24) is 10.3 Å². The molecule has 116 valence electrons. The maximum atomic E-state index is 12.4. The predicted octanol–water partition coefficient (Wildman–Crippen LogP) is 3.64. The van der Waals surface area contributed by atoms with Crippen LogP contribution < -0.4 is 5.32 Å². The van der Waals surface area contributed by atoms with Crippen molar-refractivity contribution in [2.24, 2.45) is 5.92 Å². The summed E-state index contributed by atoms with van der Waals surface area (Å²) >= 11 is 0. The van der Waals surface area contributed by atoms with E-state index in [4.69, 9.17) is 0 Å². The van der Waals surface area contributed by atoms with E-state index in [9.17, 15) is 4.79 Å². The number of H-pyrrole nitrogens is 1. The molecule has 1 aromatic heterocycles. The van der Waals surface area contributed by atoms with Crippen LogP contribution in [0.5, 0.6) is 0 Å². The number of aryl methyl sites for hydroxylation is 1. The Morgan fingerprint density at radius 1 is 1.18 bits per heavy atom. The lowest BCUT2D eigenvalue weighted by molar-refractivity contribution is -0.126. The Hall–Kier alpha value is -1.77. The molecule has 4 rings (SSSR count). The molecule has 1 atom stereocenters. The molecule has 22 heavy (non-hydrogen) atoms. The summed E-state index contributed by atoms with van der Waals surface area (Å²) in [5.41, 5.74) is 5.25. The molecular weight excluding hydrogens is 272 g/mol. The Morgan fingerprint density at radius 3 is 2.82 bits per heavy atom. The number of fused-ring (bicyclic) bond motifs is 3. The van der Waals surface area contributed by atoms with E-state index in [1.54, 1.807) is 0 Å². The number of aromatic nitrogens is 1. The molecule has 1 fully saturated rings. The number of hydrogen-bond donors (Lipinski definition) is 2. The summed E-state index contributed by atoms with van der Waals surface area (Å²) in [7, 11) is 0. The second-order valence-corrected chi connectivity index (χ2v) is 7.08. The molecule has 0 saturated heterocycles. The van der Waals surface area contributed by atoms with Crippen LogP contribution in [0.2, 0.25) is 0 Å². The van der Waals surface area contributed by atoms with Crippen molar-refractivity contribution < 1.29 is 4.79 Å². The Bertz CT molecular complexity index is 710. The SMILES string of the molecule is Cc1ccc2[nH]c3c(c2c1)CC(NC(=O)C1CCCCC1)C3. The van der Waals surface area contributed by atoms with Gasteiger partial charge in [-0.1, -0.05) is 30.9 Å². The maximum absolute atomic E-state index is 12.4. The van der Waals surface area contributed by atoms with E-state index in [0.29, 0.717) is 0 Å². The van der Waals surface area contributed by atoms with Gasteiger partial charge in [0.25, 0.3) is 0 Å². The monoisotopic (exact) mass is 296 g/mol. The van der Waals surface area contributed by atoms with Crippen molar-refractivity contribution in [3.8, 4) is 0 Å². The molecule has 1 amide bonds.